The maximum Gasteiger partial charge on any atom is 0.0390 e. The molecule has 1 aliphatic rings. The highest BCUT2D eigenvalue weighted by Gasteiger charge is 2.09. The first-order valence-electron chi connectivity index (χ1n) is 5.65. The number of allylic oxidation sites excluding steroid dienone is 1. The first-order chi connectivity index (χ1) is 6.70. The average Bonchev–Trinajstić information content (AvgIpc) is 2.18. The van der Waals surface area contributed by atoms with E-state index in [-0.39, 0.29) is 0 Å². The van der Waals surface area contributed by atoms with Gasteiger partial charge in [0, 0.05) is 4.24 Å². The first-order valence-corrected chi connectivity index (χ1v) is 7.62. The normalized spacial score (nSPS) is 17.6. The van der Waals surface area contributed by atoms with Crippen LogP contribution in [0, 0.1) is 5.92 Å². The largest absolute Gasteiger partial charge is 0.119 e. The molecule has 1 saturated heterocycles. The van der Waals surface area contributed by atoms with Crippen LogP contribution in [-0.2, 0) is 0 Å². The summed E-state index contributed by atoms with van der Waals surface area (Å²) in [7, 11) is 0. The standard InChI is InChI=1S/C12H22S2/c1-10(2)6-4-7-11(3)12-13-8-5-9-14-12/h10H,4-9H2,1-3H3. The van der Waals surface area contributed by atoms with E-state index in [0.29, 0.717) is 0 Å². The second-order valence-corrected chi connectivity index (χ2v) is 6.87. The van der Waals surface area contributed by atoms with Crippen LogP contribution in [0.5, 0.6) is 0 Å². The van der Waals surface area contributed by atoms with Gasteiger partial charge >= 0.3 is 0 Å². The maximum absolute atomic E-state index is 2.32. The Balaban J connectivity index is 2.27. The minimum Gasteiger partial charge on any atom is -0.119 e. The van der Waals surface area contributed by atoms with Gasteiger partial charge in [-0.3, -0.25) is 0 Å². The fraction of sp³-hybridized carbons (Fsp3) is 0.833. The monoisotopic (exact) mass is 230 g/mol. The number of hydrogen-bond donors (Lipinski definition) is 0. The summed E-state index contributed by atoms with van der Waals surface area (Å²) in [6.45, 7) is 6.94. The molecule has 0 aliphatic carbocycles. The van der Waals surface area contributed by atoms with Crippen molar-refractivity contribution < 1.29 is 0 Å². The molecule has 14 heavy (non-hydrogen) atoms. The van der Waals surface area contributed by atoms with E-state index in [1.807, 2.05) is 0 Å². The van der Waals surface area contributed by atoms with Crippen LogP contribution in [0.3, 0.4) is 0 Å². The Bertz CT molecular complexity index is 186. The molecule has 0 bridgehead atoms. The smallest absolute Gasteiger partial charge is 0.0390 e. The third kappa shape index (κ3) is 4.79. The predicted octanol–water partition coefficient (Wildman–Crippen LogP) is 4.91. The molecular formula is C12H22S2. The summed E-state index contributed by atoms with van der Waals surface area (Å²) < 4.78 is 1.63. The van der Waals surface area contributed by atoms with Crippen LogP contribution >= 0.6 is 23.5 Å². The van der Waals surface area contributed by atoms with Crippen molar-refractivity contribution in [2.24, 2.45) is 5.92 Å². The highest BCUT2D eigenvalue weighted by Crippen LogP contribution is 2.38. The van der Waals surface area contributed by atoms with Gasteiger partial charge in [-0.25, -0.2) is 0 Å². The third-order valence-corrected chi connectivity index (χ3v) is 5.35. The van der Waals surface area contributed by atoms with Gasteiger partial charge in [0.1, 0.15) is 0 Å². The molecule has 0 unspecified atom stereocenters. The molecule has 1 fully saturated rings. The van der Waals surface area contributed by atoms with E-state index in [2.05, 4.69) is 44.3 Å². The van der Waals surface area contributed by atoms with Crippen molar-refractivity contribution in [3.8, 4) is 0 Å². The molecule has 0 aromatic carbocycles. The second-order valence-electron chi connectivity index (χ2n) is 4.40. The Morgan fingerprint density at radius 2 is 1.93 bits per heavy atom. The molecule has 0 aromatic rings. The van der Waals surface area contributed by atoms with E-state index in [9.17, 15) is 0 Å². The summed E-state index contributed by atoms with van der Waals surface area (Å²) in [6, 6.07) is 0. The highest BCUT2D eigenvalue weighted by molar-refractivity contribution is 8.22. The SMILES string of the molecule is CC(CCCC(C)C)=C1SCCCS1. The molecular weight excluding hydrogens is 208 g/mol. The molecule has 0 saturated carbocycles. The van der Waals surface area contributed by atoms with Crippen molar-refractivity contribution in [3.63, 3.8) is 0 Å². The molecule has 0 nitrogen and oxygen atoms in total. The fourth-order valence-electron chi connectivity index (χ4n) is 1.55. The summed E-state index contributed by atoms with van der Waals surface area (Å²) >= 11 is 4.15. The lowest BCUT2D eigenvalue weighted by Crippen LogP contribution is -1.95. The molecule has 1 rings (SSSR count). The number of hydrogen-bond acceptors (Lipinski definition) is 2. The van der Waals surface area contributed by atoms with Crippen molar-refractivity contribution in [2.45, 2.75) is 46.5 Å². The molecule has 1 aliphatic heterocycles. The molecule has 82 valence electrons. The summed E-state index contributed by atoms with van der Waals surface area (Å²) in [4.78, 5) is 0. The van der Waals surface area contributed by atoms with Gasteiger partial charge in [0.2, 0.25) is 0 Å². The Hall–Kier alpha value is 0.440. The number of rotatable bonds is 4. The molecule has 0 radical (unpaired) electrons. The Labute approximate surface area is 97.3 Å². The van der Waals surface area contributed by atoms with Crippen LogP contribution in [0.25, 0.3) is 0 Å². The Morgan fingerprint density at radius 1 is 1.29 bits per heavy atom. The van der Waals surface area contributed by atoms with E-state index in [0.717, 1.165) is 5.92 Å². The van der Waals surface area contributed by atoms with Crippen molar-refractivity contribution in [1.29, 1.82) is 0 Å². The van der Waals surface area contributed by atoms with E-state index in [4.69, 9.17) is 0 Å². The van der Waals surface area contributed by atoms with Gasteiger partial charge in [-0.2, -0.15) is 0 Å². The van der Waals surface area contributed by atoms with Gasteiger partial charge < -0.3 is 0 Å². The molecule has 0 N–H and O–H groups in total. The molecule has 0 spiro atoms. The van der Waals surface area contributed by atoms with Gasteiger partial charge in [-0.1, -0.05) is 25.8 Å². The Kier molecular flexibility index (Phi) is 6.11. The second kappa shape index (κ2) is 6.84. The number of thioether (sulfide) groups is 2. The lowest BCUT2D eigenvalue weighted by Gasteiger charge is -2.16. The molecule has 0 aromatic heterocycles. The van der Waals surface area contributed by atoms with Gasteiger partial charge in [-0.05, 0) is 43.6 Å². The maximum atomic E-state index is 2.32. The minimum absolute atomic E-state index is 0.861. The van der Waals surface area contributed by atoms with E-state index in [1.54, 1.807) is 9.81 Å². The lowest BCUT2D eigenvalue weighted by molar-refractivity contribution is 0.555. The van der Waals surface area contributed by atoms with Crippen LogP contribution in [-0.4, -0.2) is 11.5 Å². The van der Waals surface area contributed by atoms with Crippen molar-refractivity contribution >= 4 is 23.5 Å². The summed E-state index contributed by atoms with van der Waals surface area (Å²) in [5.41, 5.74) is 1.64. The van der Waals surface area contributed by atoms with Crippen LogP contribution < -0.4 is 0 Å². The minimum atomic E-state index is 0.861. The van der Waals surface area contributed by atoms with Crippen LogP contribution in [0.4, 0.5) is 0 Å². The third-order valence-electron chi connectivity index (χ3n) is 2.44. The van der Waals surface area contributed by atoms with Gasteiger partial charge in [0.25, 0.3) is 0 Å². The van der Waals surface area contributed by atoms with Gasteiger partial charge in [0.05, 0.1) is 0 Å². The zero-order valence-corrected chi connectivity index (χ0v) is 11.3. The first kappa shape index (κ1) is 12.5. The fourth-order valence-corrected chi connectivity index (χ4v) is 4.22. The van der Waals surface area contributed by atoms with E-state index in [1.165, 1.54) is 37.2 Å². The Morgan fingerprint density at radius 3 is 2.50 bits per heavy atom. The summed E-state index contributed by atoms with van der Waals surface area (Å²) in [5, 5.41) is 0. The quantitative estimate of drug-likeness (QED) is 0.672. The van der Waals surface area contributed by atoms with Gasteiger partial charge in [-0.15, -0.1) is 23.5 Å². The molecule has 0 amide bonds. The molecule has 0 atom stereocenters. The van der Waals surface area contributed by atoms with Crippen LogP contribution in [0.15, 0.2) is 9.81 Å². The zero-order valence-electron chi connectivity index (χ0n) is 9.64. The highest BCUT2D eigenvalue weighted by atomic mass is 32.2. The van der Waals surface area contributed by atoms with Crippen molar-refractivity contribution in [3.05, 3.63) is 9.81 Å². The topological polar surface area (TPSA) is 0 Å². The zero-order chi connectivity index (χ0) is 10.4. The van der Waals surface area contributed by atoms with Crippen molar-refractivity contribution in [1.82, 2.24) is 0 Å². The average molecular weight is 230 g/mol. The van der Waals surface area contributed by atoms with E-state index >= 15 is 0 Å². The molecule has 1 heterocycles. The summed E-state index contributed by atoms with van der Waals surface area (Å²) in [6.07, 6.45) is 5.44. The van der Waals surface area contributed by atoms with Crippen LogP contribution in [0.2, 0.25) is 0 Å². The van der Waals surface area contributed by atoms with Crippen LogP contribution in [0.1, 0.15) is 46.5 Å². The predicted molar refractivity (Wildman–Crippen MR) is 70.9 cm³/mol. The molecule has 2 heteroatoms. The lowest BCUT2D eigenvalue weighted by atomic mass is 10.0. The summed E-state index contributed by atoms with van der Waals surface area (Å²) in [5.74, 6) is 3.53. The van der Waals surface area contributed by atoms with E-state index < -0.39 is 0 Å². The van der Waals surface area contributed by atoms with Gasteiger partial charge in [0.15, 0.2) is 0 Å². The van der Waals surface area contributed by atoms with Crippen molar-refractivity contribution in [2.75, 3.05) is 11.5 Å².